The van der Waals surface area contributed by atoms with Gasteiger partial charge in [-0.25, -0.2) is 0 Å². The van der Waals surface area contributed by atoms with Crippen LogP contribution in [0.4, 0.5) is 0 Å². The van der Waals surface area contributed by atoms with Gasteiger partial charge in [0.25, 0.3) is 0 Å². The largest absolute Gasteiger partial charge is 0.454 e. The molecule has 0 aliphatic rings. The molecule has 0 spiro atoms. The predicted molar refractivity (Wildman–Crippen MR) is 246 cm³/mol. The van der Waals surface area contributed by atoms with Crippen LogP contribution < -0.4 is 0 Å². The van der Waals surface area contributed by atoms with Crippen molar-refractivity contribution in [2.45, 2.75) is 0 Å². The minimum absolute atomic E-state index is 0.885. The van der Waals surface area contributed by atoms with Gasteiger partial charge >= 0.3 is 0 Å². The Morgan fingerprint density at radius 3 is 1.81 bits per heavy atom. The molecule has 0 aliphatic carbocycles. The molecule has 0 aliphatic heterocycles. The Morgan fingerprint density at radius 1 is 0.362 bits per heavy atom. The van der Waals surface area contributed by atoms with Gasteiger partial charge in [0.05, 0.1) is 27.8 Å². The third-order valence-corrected chi connectivity index (χ3v) is 13.3. The van der Waals surface area contributed by atoms with Crippen molar-refractivity contribution >= 4 is 97.1 Å². The normalized spacial score (nSPS) is 12.1. The maximum absolute atomic E-state index is 6.75. The molecule has 0 saturated carbocycles. The zero-order chi connectivity index (χ0) is 37.9. The molecule has 0 N–H and O–H groups in total. The van der Waals surface area contributed by atoms with E-state index in [0.717, 1.165) is 44.3 Å². The highest BCUT2D eigenvalue weighted by Crippen LogP contribution is 2.48. The molecule has 0 atom stereocenters. The van der Waals surface area contributed by atoms with E-state index >= 15 is 0 Å². The van der Waals surface area contributed by atoms with Crippen LogP contribution in [-0.4, -0.2) is 9.13 Å². The predicted octanol–water partition coefficient (Wildman–Crippen LogP) is 15.5. The first-order chi connectivity index (χ1) is 28.8. The number of rotatable bonds is 4. The summed E-state index contributed by atoms with van der Waals surface area (Å²) in [7, 11) is 0. The van der Waals surface area contributed by atoms with Crippen LogP contribution in [0.5, 0.6) is 0 Å². The molecule has 9 aromatic carbocycles. The maximum Gasteiger partial charge on any atom is 0.159 e. The SMILES string of the molecule is c1ccc(-n2c3ccccc3c3cc(-c4cccc5c4sc4ccccc45)c(-c4cccc5c6ccccc6n(-c6cccc7c6oc6ccccc67)c45)cc32)cc1. The third-order valence-electron chi connectivity index (χ3n) is 12.1. The molecule has 3 nitrogen and oxygen atoms in total. The van der Waals surface area contributed by atoms with Gasteiger partial charge in [-0.15, -0.1) is 11.3 Å². The van der Waals surface area contributed by atoms with Crippen LogP contribution in [0.2, 0.25) is 0 Å². The first kappa shape index (κ1) is 31.8. The summed E-state index contributed by atoms with van der Waals surface area (Å²) in [5.41, 5.74) is 13.4. The van der Waals surface area contributed by atoms with Gasteiger partial charge in [0, 0.05) is 69.3 Å². The second-order valence-electron chi connectivity index (χ2n) is 15.2. The summed E-state index contributed by atoms with van der Waals surface area (Å²) in [6.07, 6.45) is 0. The van der Waals surface area contributed by atoms with Crippen LogP contribution in [-0.2, 0) is 0 Å². The fraction of sp³-hybridized carbons (Fsp3) is 0. The Bertz CT molecular complexity index is 3800. The number of nitrogens with zero attached hydrogens (tertiary/aromatic N) is 2. The lowest BCUT2D eigenvalue weighted by atomic mass is 9.90. The van der Waals surface area contributed by atoms with E-state index < -0.39 is 0 Å². The molecule has 13 aromatic rings. The van der Waals surface area contributed by atoms with E-state index in [2.05, 4.69) is 197 Å². The zero-order valence-electron chi connectivity index (χ0n) is 31.2. The number of hydrogen-bond donors (Lipinski definition) is 0. The van der Waals surface area contributed by atoms with Crippen molar-refractivity contribution in [1.82, 2.24) is 9.13 Å². The topological polar surface area (TPSA) is 23.0 Å². The van der Waals surface area contributed by atoms with Gasteiger partial charge in [-0.1, -0.05) is 140 Å². The van der Waals surface area contributed by atoms with Gasteiger partial charge in [0.15, 0.2) is 5.58 Å². The van der Waals surface area contributed by atoms with Gasteiger partial charge in [-0.2, -0.15) is 0 Å². The zero-order valence-corrected chi connectivity index (χ0v) is 32.0. The van der Waals surface area contributed by atoms with Crippen LogP contribution in [0.25, 0.3) is 119 Å². The lowest BCUT2D eigenvalue weighted by Crippen LogP contribution is -1.98. The van der Waals surface area contributed by atoms with E-state index in [4.69, 9.17) is 4.42 Å². The van der Waals surface area contributed by atoms with E-state index in [1.807, 2.05) is 17.4 Å². The number of hydrogen-bond acceptors (Lipinski definition) is 2. The summed E-state index contributed by atoms with van der Waals surface area (Å²) in [6.45, 7) is 0. The summed E-state index contributed by atoms with van der Waals surface area (Å²) >= 11 is 1.89. The van der Waals surface area contributed by atoms with Crippen molar-refractivity contribution < 1.29 is 4.42 Å². The molecule has 0 fully saturated rings. The Labute approximate surface area is 336 Å². The Morgan fingerprint density at radius 2 is 0.966 bits per heavy atom. The van der Waals surface area contributed by atoms with Crippen molar-refractivity contribution in [3.63, 3.8) is 0 Å². The summed E-state index contributed by atoms with van der Waals surface area (Å²) in [4.78, 5) is 0. The molecule has 270 valence electrons. The molecule has 0 unspecified atom stereocenters. The van der Waals surface area contributed by atoms with Gasteiger partial charge in [-0.3, -0.25) is 0 Å². The molecular weight excluding hydrogens is 725 g/mol. The van der Waals surface area contributed by atoms with Crippen molar-refractivity contribution in [2.24, 2.45) is 0 Å². The molecule has 0 radical (unpaired) electrons. The van der Waals surface area contributed by atoms with E-state index in [1.54, 1.807) is 0 Å². The first-order valence-electron chi connectivity index (χ1n) is 19.8. The fourth-order valence-electron chi connectivity index (χ4n) is 9.67. The van der Waals surface area contributed by atoms with Crippen molar-refractivity contribution in [3.05, 3.63) is 194 Å². The van der Waals surface area contributed by atoms with E-state index in [9.17, 15) is 0 Å². The average Bonchev–Trinajstić information content (AvgIpc) is 4.04. The van der Waals surface area contributed by atoms with Gasteiger partial charge in [0.2, 0.25) is 0 Å². The van der Waals surface area contributed by atoms with Crippen molar-refractivity contribution in [1.29, 1.82) is 0 Å². The summed E-state index contributed by atoms with van der Waals surface area (Å²) < 4.78 is 14.2. The smallest absolute Gasteiger partial charge is 0.159 e. The number of fused-ring (bicyclic) bond motifs is 12. The molecule has 0 bridgehead atoms. The van der Waals surface area contributed by atoms with Crippen molar-refractivity contribution in [3.8, 4) is 33.6 Å². The lowest BCUT2D eigenvalue weighted by molar-refractivity contribution is 0.666. The number of furan rings is 1. The second kappa shape index (κ2) is 12.1. The number of thiophene rings is 1. The summed E-state index contributed by atoms with van der Waals surface area (Å²) in [5, 5.41) is 9.71. The van der Waals surface area contributed by atoms with Gasteiger partial charge < -0.3 is 13.6 Å². The molecule has 4 heteroatoms. The Balaban J connectivity index is 1.22. The first-order valence-corrected chi connectivity index (χ1v) is 20.6. The number of para-hydroxylation sites is 6. The highest BCUT2D eigenvalue weighted by Gasteiger charge is 2.24. The number of aromatic nitrogens is 2. The van der Waals surface area contributed by atoms with E-state index in [0.29, 0.717) is 0 Å². The molecule has 0 amide bonds. The minimum Gasteiger partial charge on any atom is -0.454 e. The van der Waals surface area contributed by atoms with Crippen LogP contribution in [0, 0.1) is 0 Å². The Kier molecular flexibility index (Phi) is 6.60. The van der Waals surface area contributed by atoms with E-state index in [1.165, 1.54) is 75.0 Å². The molecular formula is C54H32N2OS. The lowest BCUT2D eigenvalue weighted by Gasteiger charge is -2.17. The quantitative estimate of drug-likeness (QED) is 0.175. The van der Waals surface area contributed by atoms with Crippen LogP contribution in [0.1, 0.15) is 0 Å². The monoisotopic (exact) mass is 756 g/mol. The highest BCUT2D eigenvalue weighted by atomic mass is 32.1. The molecule has 58 heavy (non-hydrogen) atoms. The standard InChI is InChI=1S/C54H32N2OS/c1-2-15-33(16-3-1)55-46-26-8-5-18-35(46)45-31-43(42-25-13-24-41-37-20-7-11-30-51(37)58-54(41)42)44(32-49(45)55)39-22-12-21-38-34-17-4-9-27-47(34)56(52(38)39)48-28-14-23-40-36-19-6-10-29-50(36)57-53(40)48/h1-32H. The molecule has 4 aromatic heterocycles. The van der Waals surface area contributed by atoms with Gasteiger partial charge in [0.1, 0.15) is 5.58 Å². The molecule has 13 rings (SSSR count). The second-order valence-corrected chi connectivity index (χ2v) is 16.2. The van der Waals surface area contributed by atoms with Crippen molar-refractivity contribution in [2.75, 3.05) is 0 Å². The molecule has 4 heterocycles. The summed E-state index contributed by atoms with van der Waals surface area (Å²) in [6, 6.07) is 70.7. The minimum atomic E-state index is 0.885. The fourth-order valence-corrected chi connectivity index (χ4v) is 10.9. The average molecular weight is 757 g/mol. The van der Waals surface area contributed by atoms with Crippen LogP contribution in [0.15, 0.2) is 199 Å². The number of benzene rings is 9. The van der Waals surface area contributed by atoms with E-state index in [-0.39, 0.29) is 0 Å². The third kappa shape index (κ3) is 4.38. The van der Waals surface area contributed by atoms with Crippen LogP contribution in [0.3, 0.4) is 0 Å². The summed E-state index contributed by atoms with van der Waals surface area (Å²) in [5.74, 6) is 0. The highest BCUT2D eigenvalue weighted by molar-refractivity contribution is 7.26. The van der Waals surface area contributed by atoms with Gasteiger partial charge in [-0.05, 0) is 65.7 Å². The van der Waals surface area contributed by atoms with Crippen LogP contribution >= 0.6 is 11.3 Å². The maximum atomic E-state index is 6.75. The molecule has 0 saturated heterocycles. The Hall–Kier alpha value is -7.40.